The van der Waals surface area contributed by atoms with Gasteiger partial charge in [-0.05, 0) is 29.8 Å². The second-order valence-corrected chi connectivity index (χ2v) is 6.51. The van der Waals surface area contributed by atoms with E-state index in [-0.39, 0.29) is 5.91 Å². The molecule has 3 aromatic rings. The first-order valence-electron chi connectivity index (χ1n) is 8.71. The van der Waals surface area contributed by atoms with Gasteiger partial charge in [-0.3, -0.25) is 4.79 Å². The van der Waals surface area contributed by atoms with Crippen molar-refractivity contribution in [2.75, 3.05) is 24.9 Å². The van der Waals surface area contributed by atoms with Crippen LogP contribution in [0.25, 0.3) is 0 Å². The normalized spacial score (nSPS) is 10.2. The predicted molar refractivity (Wildman–Crippen MR) is 113 cm³/mol. The maximum absolute atomic E-state index is 12.2. The van der Waals surface area contributed by atoms with Crippen LogP contribution in [0.2, 0.25) is 5.02 Å². The van der Waals surface area contributed by atoms with E-state index >= 15 is 0 Å². The molecule has 1 amide bonds. The lowest BCUT2D eigenvalue weighted by molar-refractivity contribution is -0.115. The van der Waals surface area contributed by atoms with Crippen molar-refractivity contribution in [3.05, 3.63) is 77.3 Å². The van der Waals surface area contributed by atoms with Gasteiger partial charge in [-0.25, -0.2) is 0 Å². The van der Waals surface area contributed by atoms with Crippen molar-refractivity contribution in [3.8, 4) is 11.5 Å². The van der Waals surface area contributed by atoms with E-state index in [9.17, 15) is 4.79 Å². The average molecular weight is 397 g/mol. The number of rotatable bonds is 7. The van der Waals surface area contributed by atoms with Crippen molar-refractivity contribution < 1.29 is 14.3 Å². The highest BCUT2D eigenvalue weighted by Crippen LogP contribution is 2.37. The molecule has 0 fully saturated rings. The quantitative estimate of drug-likeness (QED) is 0.570. The average Bonchev–Trinajstić information content (AvgIpc) is 2.71. The van der Waals surface area contributed by atoms with Crippen molar-refractivity contribution in [3.63, 3.8) is 0 Å². The number of methoxy groups -OCH3 is 2. The van der Waals surface area contributed by atoms with Crippen LogP contribution >= 0.6 is 11.6 Å². The molecule has 144 valence electrons. The van der Waals surface area contributed by atoms with Crippen LogP contribution in [0.3, 0.4) is 0 Å². The molecule has 0 aromatic heterocycles. The van der Waals surface area contributed by atoms with Gasteiger partial charge in [-0.1, -0.05) is 41.9 Å². The van der Waals surface area contributed by atoms with E-state index in [2.05, 4.69) is 10.6 Å². The Kier molecular flexibility index (Phi) is 6.40. The minimum atomic E-state index is -0.0592. The van der Waals surface area contributed by atoms with Crippen LogP contribution < -0.4 is 20.1 Å². The van der Waals surface area contributed by atoms with E-state index < -0.39 is 0 Å². The van der Waals surface area contributed by atoms with Crippen LogP contribution in [-0.4, -0.2) is 20.1 Å². The fourth-order valence-electron chi connectivity index (χ4n) is 2.74. The number of nitrogens with one attached hydrogen (secondary N) is 2. The fraction of sp³-hybridized carbons (Fsp3) is 0.136. The number of amides is 1. The smallest absolute Gasteiger partial charge is 0.228 e. The zero-order valence-electron chi connectivity index (χ0n) is 15.7. The van der Waals surface area contributed by atoms with E-state index in [1.807, 2.05) is 54.6 Å². The van der Waals surface area contributed by atoms with Gasteiger partial charge >= 0.3 is 0 Å². The first-order valence-corrected chi connectivity index (χ1v) is 9.09. The second-order valence-electron chi connectivity index (χ2n) is 6.10. The van der Waals surface area contributed by atoms with Gasteiger partial charge in [-0.15, -0.1) is 0 Å². The van der Waals surface area contributed by atoms with Crippen LogP contribution in [-0.2, 0) is 11.2 Å². The van der Waals surface area contributed by atoms with Gasteiger partial charge in [0.25, 0.3) is 0 Å². The molecule has 0 saturated heterocycles. The molecule has 0 atom stereocenters. The predicted octanol–water partition coefficient (Wildman–Crippen LogP) is 5.28. The number of ether oxygens (including phenoxy) is 2. The molecule has 0 bridgehead atoms. The third-order valence-electron chi connectivity index (χ3n) is 4.13. The van der Waals surface area contributed by atoms with Crippen molar-refractivity contribution in [2.24, 2.45) is 0 Å². The lowest BCUT2D eigenvalue weighted by Crippen LogP contribution is -2.14. The zero-order valence-corrected chi connectivity index (χ0v) is 16.4. The molecule has 6 heteroatoms. The third-order valence-corrected chi connectivity index (χ3v) is 4.42. The maximum atomic E-state index is 12.2. The van der Waals surface area contributed by atoms with Gasteiger partial charge in [0.05, 0.1) is 31.4 Å². The van der Waals surface area contributed by atoms with Gasteiger partial charge in [0.2, 0.25) is 5.91 Å². The summed E-state index contributed by atoms with van der Waals surface area (Å²) < 4.78 is 10.6. The molecule has 0 saturated carbocycles. The molecule has 28 heavy (non-hydrogen) atoms. The summed E-state index contributed by atoms with van der Waals surface area (Å²) >= 11 is 6.14. The molecule has 0 unspecified atom stereocenters. The Morgan fingerprint density at radius 1 is 0.893 bits per heavy atom. The molecule has 5 nitrogen and oxygen atoms in total. The Hall–Kier alpha value is -3.18. The topological polar surface area (TPSA) is 59.6 Å². The molecule has 2 N–H and O–H groups in total. The minimum Gasteiger partial charge on any atom is -0.495 e. The van der Waals surface area contributed by atoms with E-state index in [4.69, 9.17) is 21.1 Å². The molecule has 0 spiro atoms. The van der Waals surface area contributed by atoms with E-state index in [1.54, 1.807) is 26.4 Å². The molecular weight excluding hydrogens is 376 g/mol. The summed E-state index contributed by atoms with van der Waals surface area (Å²) in [5, 5.41) is 6.64. The van der Waals surface area contributed by atoms with Crippen LogP contribution in [0, 0.1) is 0 Å². The number of hydrogen-bond donors (Lipinski definition) is 2. The minimum absolute atomic E-state index is 0.0592. The van der Waals surface area contributed by atoms with Crippen LogP contribution in [0.5, 0.6) is 11.5 Å². The summed E-state index contributed by atoms with van der Waals surface area (Å²) in [6.07, 6.45) is 0.336. The highest BCUT2D eigenvalue weighted by molar-refractivity contribution is 6.32. The Bertz CT molecular complexity index is 944. The number of carbonyl (C=O) groups is 1. The largest absolute Gasteiger partial charge is 0.495 e. The van der Waals surface area contributed by atoms with Crippen molar-refractivity contribution in [1.82, 2.24) is 0 Å². The lowest BCUT2D eigenvalue weighted by atomic mass is 10.1. The number of benzene rings is 3. The molecule has 0 radical (unpaired) electrons. The molecule has 0 aliphatic rings. The number of halogens is 1. The SMILES string of the molecule is COc1cc(Nc2ccc(NC(=O)Cc3ccccc3)cc2)c(OC)cc1Cl. The van der Waals surface area contributed by atoms with Gasteiger partial charge in [0, 0.05) is 23.5 Å². The molecule has 3 rings (SSSR count). The Balaban J connectivity index is 1.67. The summed E-state index contributed by atoms with van der Waals surface area (Å²) in [6, 6.07) is 20.5. The van der Waals surface area contributed by atoms with Gasteiger partial charge in [0.1, 0.15) is 11.5 Å². The Morgan fingerprint density at radius 3 is 2.18 bits per heavy atom. The highest BCUT2D eigenvalue weighted by atomic mass is 35.5. The van der Waals surface area contributed by atoms with Crippen LogP contribution in [0.1, 0.15) is 5.56 Å². The first-order chi connectivity index (χ1) is 13.6. The standard InChI is InChI=1S/C22H21ClN2O3/c1-27-20-14-19(21(28-2)13-18(20)23)24-16-8-10-17(11-9-16)25-22(26)12-15-6-4-3-5-7-15/h3-11,13-14,24H,12H2,1-2H3,(H,25,26). The highest BCUT2D eigenvalue weighted by Gasteiger charge is 2.10. The molecule has 3 aromatic carbocycles. The zero-order chi connectivity index (χ0) is 19.9. The molecule has 0 heterocycles. The van der Waals surface area contributed by atoms with E-state index in [1.165, 1.54) is 0 Å². The van der Waals surface area contributed by atoms with E-state index in [0.717, 1.165) is 22.6 Å². The van der Waals surface area contributed by atoms with Gasteiger partial charge in [-0.2, -0.15) is 0 Å². The van der Waals surface area contributed by atoms with Crippen molar-refractivity contribution in [2.45, 2.75) is 6.42 Å². The first kappa shape index (κ1) is 19.6. The van der Waals surface area contributed by atoms with Crippen LogP contribution in [0.4, 0.5) is 17.1 Å². The van der Waals surface area contributed by atoms with Crippen LogP contribution in [0.15, 0.2) is 66.7 Å². The van der Waals surface area contributed by atoms with Crippen molar-refractivity contribution in [1.29, 1.82) is 0 Å². The summed E-state index contributed by atoms with van der Waals surface area (Å²) in [7, 11) is 3.14. The number of hydrogen-bond acceptors (Lipinski definition) is 4. The third kappa shape index (κ3) is 4.96. The van der Waals surface area contributed by atoms with Gasteiger partial charge < -0.3 is 20.1 Å². The second kappa shape index (κ2) is 9.15. The monoisotopic (exact) mass is 396 g/mol. The number of carbonyl (C=O) groups excluding carboxylic acids is 1. The summed E-state index contributed by atoms with van der Waals surface area (Å²) in [4.78, 5) is 12.2. The van der Waals surface area contributed by atoms with Crippen molar-refractivity contribution >= 4 is 34.6 Å². The maximum Gasteiger partial charge on any atom is 0.228 e. The fourth-order valence-corrected chi connectivity index (χ4v) is 2.97. The molecular formula is C22H21ClN2O3. The number of anilines is 3. The molecule has 0 aliphatic carbocycles. The Morgan fingerprint density at radius 2 is 1.54 bits per heavy atom. The summed E-state index contributed by atoms with van der Waals surface area (Å²) in [6.45, 7) is 0. The summed E-state index contributed by atoms with van der Waals surface area (Å²) in [5.74, 6) is 1.09. The van der Waals surface area contributed by atoms with E-state index in [0.29, 0.717) is 22.9 Å². The van der Waals surface area contributed by atoms with Gasteiger partial charge in [0.15, 0.2) is 0 Å². The lowest BCUT2D eigenvalue weighted by Gasteiger charge is -2.14. The summed E-state index contributed by atoms with van der Waals surface area (Å²) in [5.41, 5.74) is 3.27. The Labute approximate surface area is 169 Å². The molecule has 0 aliphatic heterocycles.